The predicted molar refractivity (Wildman–Crippen MR) is 108 cm³/mol. The first-order valence-corrected chi connectivity index (χ1v) is 9.72. The van der Waals surface area contributed by atoms with Gasteiger partial charge in [0.1, 0.15) is 5.65 Å². The van der Waals surface area contributed by atoms with Gasteiger partial charge in [0.2, 0.25) is 0 Å². The number of nitrogens with zero attached hydrogens (tertiary/aromatic N) is 4. The monoisotopic (exact) mass is 396 g/mol. The van der Waals surface area contributed by atoms with Crippen molar-refractivity contribution in [3.63, 3.8) is 0 Å². The van der Waals surface area contributed by atoms with E-state index in [-0.39, 0.29) is 11.2 Å². The number of hydrogen-bond acceptors (Lipinski definition) is 6. The van der Waals surface area contributed by atoms with Crippen LogP contribution in [-0.2, 0) is 20.6 Å². The Morgan fingerprint density at radius 1 is 1.14 bits per heavy atom. The predicted octanol–water partition coefficient (Wildman–Crippen LogP) is 2.05. The van der Waals surface area contributed by atoms with Gasteiger partial charge in [0.15, 0.2) is 5.69 Å². The molecule has 8 nitrogen and oxygen atoms in total. The zero-order valence-corrected chi connectivity index (χ0v) is 17.4. The van der Waals surface area contributed by atoms with Crippen LogP contribution in [-0.4, -0.2) is 50.1 Å². The molecule has 0 aromatic carbocycles. The third-order valence-electron chi connectivity index (χ3n) is 5.50. The van der Waals surface area contributed by atoms with Gasteiger partial charge < -0.3 is 18.4 Å². The molecule has 29 heavy (non-hydrogen) atoms. The van der Waals surface area contributed by atoms with Crippen LogP contribution in [0.3, 0.4) is 0 Å². The van der Waals surface area contributed by atoms with E-state index < -0.39 is 13.1 Å². The zero-order valence-electron chi connectivity index (χ0n) is 17.4. The summed E-state index contributed by atoms with van der Waals surface area (Å²) < 4.78 is 20.9. The Balaban J connectivity index is 1.53. The normalized spacial score (nSPS) is 17.8. The van der Waals surface area contributed by atoms with Crippen molar-refractivity contribution in [1.29, 1.82) is 0 Å². The largest absolute Gasteiger partial charge is 0.496 e. The summed E-state index contributed by atoms with van der Waals surface area (Å²) in [5, 5.41) is 4.26. The molecule has 0 unspecified atom stereocenters. The van der Waals surface area contributed by atoms with Crippen LogP contribution >= 0.6 is 0 Å². The van der Waals surface area contributed by atoms with Crippen molar-refractivity contribution in [2.75, 3.05) is 6.61 Å². The first kappa shape index (κ1) is 19.7. The van der Waals surface area contributed by atoms with Crippen LogP contribution in [0.5, 0.6) is 0 Å². The molecule has 1 saturated heterocycles. The molecule has 0 bridgehead atoms. The van der Waals surface area contributed by atoms with E-state index in [0.717, 1.165) is 16.8 Å². The maximum atomic E-state index is 11.8. The van der Waals surface area contributed by atoms with Crippen LogP contribution in [0.4, 0.5) is 0 Å². The van der Waals surface area contributed by atoms with Crippen LogP contribution in [0.25, 0.3) is 5.65 Å². The van der Waals surface area contributed by atoms with E-state index >= 15 is 0 Å². The molecule has 0 spiro atoms. The first-order chi connectivity index (χ1) is 13.7. The number of imidazole rings is 1. The molecular formula is C20H25BN4O4. The molecule has 0 radical (unpaired) electrons. The molecule has 3 aromatic rings. The summed E-state index contributed by atoms with van der Waals surface area (Å²) in [4.78, 5) is 16.4. The highest BCUT2D eigenvalue weighted by Gasteiger charge is 2.51. The van der Waals surface area contributed by atoms with Crippen molar-refractivity contribution in [1.82, 2.24) is 19.2 Å². The van der Waals surface area contributed by atoms with Crippen LogP contribution in [0.1, 0.15) is 50.8 Å². The number of aromatic nitrogens is 4. The fourth-order valence-corrected chi connectivity index (χ4v) is 3.19. The Morgan fingerprint density at radius 3 is 2.55 bits per heavy atom. The van der Waals surface area contributed by atoms with Crippen molar-refractivity contribution in [3.05, 3.63) is 48.2 Å². The van der Waals surface area contributed by atoms with Crippen molar-refractivity contribution in [2.45, 2.75) is 52.4 Å². The highest BCUT2D eigenvalue weighted by Crippen LogP contribution is 2.36. The fraction of sp³-hybridized carbons (Fsp3) is 0.450. The lowest BCUT2D eigenvalue weighted by atomic mass is 9.80. The van der Waals surface area contributed by atoms with Gasteiger partial charge in [-0.3, -0.25) is 4.68 Å². The first-order valence-electron chi connectivity index (χ1n) is 9.72. The molecule has 0 saturated carbocycles. The Labute approximate surface area is 169 Å². The molecule has 4 heterocycles. The van der Waals surface area contributed by atoms with Gasteiger partial charge >= 0.3 is 13.1 Å². The number of hydrogen-bond donors (Lipinski definition) is 0. The van der Waals surface area contributed by atoms with Gasteiger partial charge in [-0.1, -0.05) is 6.07 Å². The minimum atomic E-state index is -0.423. The van der Waals surface area contributed by atoms with E-state index in [0.29, 0.717) is 18.8 Å². The summed E-state index contributed by atoms with van der Waals surface area (Å²) in [6.07, 6.45) is 5.66. The highest BCUT2D eigenvalue weighted by molar-refractivity contribution is 6.62. The second-order valence-corrected chi connectivity index (χ2v) is 8.17. The van der Waals surface area contributed by atoms with Gasteiger partial charge in [-0.05, 0) is 52.2 Å². The molecule has 9 heteroatoms. The number of rotatable bonds is 5. The minimum absolute atomic E-state index is 0.290. The number of carbonyl (C=O) groups excluding carboxylic acids is 1. The molecule has 152 valence electrons. The second kappa shape index (κ2) is 7.00. The lowest BCUT2D eigenvalue weighted by Crippen LogP contribution is -2.41. The van der Waals surface area contributed by atoms with E-state index in [4.69, 9.17) is 14.0 Å². The van der Waals surface area contributed by atoms with E-state index in [1.807, 2.05) is 56.6 Å². The molecule has 1 aliphatic heterocycles. The highest BCUT2D eigenvalue weighted by atomic mass is 16.7. The molecule has 1 aliphatic rings. The topological polar surface area (TPSA) is 79.9 Å². The molecule has 4 rings (SSSR count). The molecule has 0 aliphatic carbocycles. The summed E-state index contributed by atoms with van der Waals surface area (Å²) in [5.74, 6) is -0.423. The number of ether oxygens (including phenoxy) is 1. The fourth-order valence-electron chi connectivity index (χ4n) is 3.19. The van der Waals surface area contributed by atoms with E-state index in [2.05, 4.69) is 10.1 Å². The zero-order chi connectivity index (χ0) is 20.8. The smallest absolute Gasteiger partial charge is 0.461 e. The van der Waals surface area contributed by atoms with Gasteiger partial charge in [-0.15, -0.1) is 0 Å². The Hall–Kier alpha value is -2.65. The van der Waals surface area contributed by atoms with Crippen molar-refractivity contribution in [2.24, 2.45) is 0 Å². The third-order valence-corrected chi connectivity index (χ3v) is 5.50. The summed E-state index contributed by atoms with van der Waals surface area (Å²) in [6.45, 7) is 10.7. The SMILES string of the molecule is CCOC(=O)c1ccn(Cc2cn3cc(B4OC(C)(C)C(C)(C)O4)ccc3n2)n1. The third kappa shape index (κ3) is 3.67. The average molecular weight is 396 g/mol. The lowest BCUT2D eigenvalue weighted by Gasteiger charge is -2.32. The molecular weight excluding hydrogens is 371 g/mol. The van der Waals surface area contributed by atoms with Gasteiger partial charge in [0.05, 0.1) is 30.0 Å². The maximum Gasteiger partial charge on any atom is 0.496 e. The van der Waals surface area contributed by atoms with Crippen LogP contribution in [0.15, 0.2) is 36.8 Å². The van der Waals surface area contributed by atoms with Crippen LogP contribution < -0.4 is 5.46 Å². The van der Waals surface area contributed by atoms with E-state index in [9.17, 15) is 4.79 Å². The summed E-state index contributed by atoms with van der Waals surface area (Å²) >= 11 is 0. The van der Waals surface area contributed by atoms with Crippen molar-refractivity contribution >= 4 is 24.2 Å². The molecule has 0 amide bonds. The average Bonchev–Trinajstić information content (AvgIpc) is 3.31. The van der Waals surface area contributed by atoms with Gasteiger partial charge in [-0.25, -0.2) is 9.78 Å². The van der Waals surface area contributed by atoms with Gasteiger partial charge in [0, 0.05) is 18.6 Å². The minimum Gasteiger partial charge on any atom is -0.461 e. The summed E-state index contributed by atoms with van der Waals surface area (Å²) in [5.41, 5.74) is 2.10. The summed E-state index contributed by atoms with van der Waals surface area (Å²) in [6, 6.07) is 5.56. The standard InChI is InChI=1S/C20H25BN4O4/c1-6-27-18(26)16-9-10-25(23-16)13-15-12-24-11-14(7-8-17(24)22-15)21-28-19(2,3)20(4,5)29-21/h7-12H,6,13H2,1-5H3. The Bertz CT molecular complexity index is 1040. The quantitative estimate of drug-likeness (QED) is 0.485. The van der Waals surface area contributed by atoms with Gasteiger partial charge in [-0.2, -0.15) is 5.10 Å². The van der Waals surface area contributed by atoms with Crippen molar-refractivity contribution in [3.8, 4) is 0 Å². The molecule has 0 N–H and O–H groups in total. The molecule has 1 fully saturated rings. The summed E-state index contributed by atoms with van der Waals surface area (Å²) in [7, 11) is -0.423. The Kier molecular flexibility index (Phi) is 4.75. The van der Waals surface area contributed by atoms with E-state index in [1.165, 1.54) is 0 Å². The number of esters is 1. The number of pyridine rings is 1. The van der Waals surface area contributed by atoms with Crippen molar-refractivity contribution < 1.29 is 18.8 Å². The lowest BCUT2D eigenvalue weighted by molar-refractivity contribution is 0.00578. The van der Waals surface area contributed by atoms with E-state index in [1.54, 1.807) is 23.9 Å². The second-order valence-electron chi connectivity index (χ2n) is 8.17. The Morgan fingerprint density at radius 2 is 1.86 bits per heavy atom. The number of carbonyl (C=O) groups is 1. The van der Waals surface area contributed by atoms with Crippen LogP contribution in [0, 0.1) is 0 Å². The van der Waals surface area contributed by atoms with Crippen LogP contribution in [0.2, 0.25) is 0 Å². The maximum absolute atomic E-state index is 11.8. The molecule has 0 atom stereocenters. The van der Waals surface area contributed by atoms with Gasteiger partial charge in [0.25, 0.3) is 0 Å². The number of fused-ring (bicyclic) bond motifs is 1. The molecule has 3 aromatic heterocycles.